The average Bonchev–Trinajstić information content (AvgIpc) is 2.99. The first-order chi connectivity index (χ1) is 8.34. The first-order valence-electron chi connectivity index (χ1n) is 5.16. The summed E-state index contributed by atoms with van der Waals surface area (Å²) in [6.45, 7) is 1.21. The van der Waals surface area contributed by atoms with Crippen molar-refractivity contribution in [3.8, 4) is 5.88 Å². The molecule has 2 rings (SSSR count). The van der Waals surface area contributed by atoms with Crippen LogP contribution < -0.4 is 10.1 Å². The molecule has 1 atom stereocenters. The van der Waals surface area contributed by atoms with Crippen molar-refractivity contribution in [2.24, 2.45) is 0 Å². The number of nitrogens with zero attached hydrogens (tertiary/aromatic N) is 2. The Balaban J connectivity index is 1.59. The zero-order chi connectivity index (χ0) is 11.9. The molecular formula is C10H13N3O3S. The van der Waals surface area contributed by atoms with Crippen LogP contribution in [0.1, 0.15) is 5.76 Å². The van der Waals surface area contributed by atoms with Crippen LogP contribution in [0.2, 0.25) is 0 Å². The van der Waals surface area contributed by atoms with Crippen molar-refractivity contribution in [3.63, 3.8) is 0 Å². The van der Waals surface area contributed by atoms with Crippen LogP contribution >= 0.6 is 11.7 Å². The molecule has 0 amide bonds. The molecule has 17 heavy (non-hydrogen) atoms. The van der Waals surface area contributed by atoms with E-state index in [2.05, 4.69) is 14.1 Å². The summed E-state index contributed by atoms with van der Waals surface area (Å²) in [5, 5.41) is 12.7. The minimum absolute atomic E-state index is 0.191. The normalized spacial score (nSPS) is 12.5. The second kappa shape index (κ2) is 6.33. The second-order valence-corrected chi connectivity index (χ2v) is 3.98. The highest BCUT2D eigenvalue weighted by Gasteiger charge is 2.06. The molecule has 0 spiro atoms. The van der Waals surface area contributed by atoms with E-state index in [0.717, 1.165) is 17.5 Å². The van der Waals surface area contributed by atoms with Crippen LogP contribution in [0, 0.1) is 0 Å². The molecule has 2 N–H and O–H groups in total. The Morgan fingerprint density at radius 3 is 3.24 bits per heavy atom. The van der Waals surface area contributed by atoms with E-state index in [1.54, 1.807) is 6.26 Å². The van der Waals surface area contributed by atoms with Gasteiger partial charge in [-0.05, 0) is 12.1 Å². The number of aliphatic hydroxyl groups is 1. The predicted molar refractivity (Wildman–Crippen MR) is 61.8 cm³/mol. The highest BCUT2D eigenvalue weighted by atomic mass is 32.1. The van der Waals surface area contributed by atoms with E-state index in [1.165, 1.54) is 6.20 Å². The molecule has 0 saturated heterocycles. The Morgan fingerprint density at radius 1 is 1.59 bits per heavy atom. The Bertz CT molecular complexity index is 404. The molecule has 2 aromatic rings. The molecule has 0 radical (unpaired) electrons. The van der Waals surface area contributed by atoms with Gasteiger partial charge in [-0.3, -0.25) is 0 Å². The van der Waals surface area contributed by atoms with Gasteiger partial charge in [-0.15, -0.1) is 4.37 Å². The summed E-state index contributed by atoms with van der Waals surface area (Å²) in [6.07, 6.45) is 2.55. The maximum Gasteiger partial charge on any atom is 0.245 e. The molecule has 0 saturated carbocycles. The predicted octanol–water partition coefficient (Wildman–Crippen LogP) is 0.661. The van der Waals surface area contributed by atoms with Gasteiger partial charge in [-0.1, -0.05) is 0 Å². The first kappa shape index (κ1) is 12.0. The molecule has 0 aromatic carbocycles. The molecule has 6 nitrogen and oxygen atoms in total. The SMILES string of the molecule is OC(CNCc1ccco1)COc1cnsn1. The number of nitrogens with one attached hydrogen (secondary N) is 1. The van der Waals surface area contributed by atoms with E-state index < -0.39 is 6.10 Å². The lowest BCUT2D eigenvalue weighted by Crippen LogP contribution is -2.31. The van der Waals surface area contributed by atoms with Gasteiger partial charge in [0, 0.05) is 6.54 Å². The monoisotopic (exact) mass is 255 g/mol. The minimum atomic E-state index is -0.591. The van der Waals surface area contributed by atoms with Crippen LogP contribution in [0.3, 0.4) is 0 Å². The quantitative estimate of drug-likeness (QED) is 0.756. The summed E-state index contributed by atoms with van der Waals surface area (Å²) in [5.41, 5.74) is 0. The number of aromatic nitrogens is 2. The van der Waals surface area contributed by atoms with E-state index >= 15 is 0 Å². The van der Waals surface area contributed by atoms with Crippen LogP contribution in [0.5, 0.6) is 5.88 Å². The van der Waals surface area contributed by atoms with Crippen molar-refractivity contribution in [2.45, 2.75) is 12.6 Å². The topological polar surface area (TPSA) is 80.4 Å². The highest BCUT2D eigenvalue weighted by molar-refractivity contribution is 6.99. The van der Waals surface area contributed by atoms with Gasteiger partial charge in [0.25, 0.3) is 0 Å². The molecule has 1 unspecified atom stereocenters. The molecule has 0 fully saturated rings. The van der Waals surface area contributed by atoms with Gasteiger partial charge in [0.05, 0.1) is 24.5 Å². The number of ether oxygens (including phenoxy) is 1. The summed E-state index contributed by atoms with van der Waals surface area (Å²) in [7, 11) is 0. The lowest BCUT2D eigenvalue weighted by molar-refractivity contribution is 0.104. The summed E-state index contributed by atoms with van der Waals surface area (Å²) in [4.78, 5) is 0. The standard InChI is InChI=1S/C10H13N3O3S/c14-8(7-16-10-6-12-17-13-10)4-11-5-9-2-1-3-15-9/h1-3,6,8,11,14H,4-5,7H2. The van der Waals surface area contributed by atoms with E-state index in [9.17, 15) is 5.11 Å². The Hall–Kier alpha value is -1.44. The van der Waals surface area contributed by atoms with Gasteiger partial charge < -0.3 is 19.6 Å². The molecule has 2 aromatic heterocycles. The zero-order valence-electron chi connectivity index (χ0n) is 9.07. The van der Waals surface area contributed by atoms with Crippen molar-refractivity contribution >= 4 is 11.7 Å². The fraction of sp³-hybridized carbons (Fsp3) is 0.400. The molecule has 0 aliphatic carbocycles. The minimum Gasteiger partial charge on any atom is -0.473 e. The van der Waals surface area contributed by atoms with E-state index in [1.807, 2.05) is 12.1 Å². The maximum absolute atomic E-state index is 9.61. The number of hydrogen-bond acceptors (Lipinski definition) is 7. The van der Waals surface area contributed by atoms with Gasteiger partial charge in [-0.25, -0.2) is 0 Å². The van der Waals surface area contributed by atoms with Gasteiger partial charge in [0.1, 0.15) is 24.7 Å². The second-order valence-electron chi connectivity index (χ2n) is 3.42. The highest BCUT2D eigenvalue weighted by Crippen LogP contribution is 2.05. The molecule has 7 heteroatoms. The first-order valence-corrected chi connectivity index (χ1v) is 5.89. The third-order valence-corrected chi connectivity index (χ3v) is 2.49. The number of rotatable bonds is 7. The molecule has 0 aliphatic heterocycles. The summed E-state index contributed by atoms with van der Waals surface area (Å²) in [5.74, 6) is 1.28. The maximum atomic E-state index is 9.61. The van der Waals surface area contributed by atoms with Gasteiger partial charge in [-0.2, -0.15) is 4.37 Å². The Labute approximate surface area is 103 Å². The van der Waals surface area contributed by atoms with Crippen molar-refractivity contribution in [1.29, 1.82) is 0 Å². The van der Waals surface area contributed by atoms with Crippen molar-refractivity contribution in [2.75, 3.05) is 13.2 Å². The fourth-order valence-electron chi connectivity index (χ4n) is 1.24. The third-order valence-electron chi connectivity index (χ3n) is 2.02. The average molecular weight is 255 g/mol. The lowest BCUT2D eigenvalue weighted by Gasteiger charge is -2.10. The molecule has 2 heterocycles. The van der Waals surface area contributed by atoms with Gasteiger partial charge >= 0.3 is 0 Å². The molecule has 92 valence electrons. The van der Waals surface area contributed by atoms with Crippen molar-refractivity contribution in [3.05, 3.63) is 30.4 Å². The lowest BCUT2D eigenvalue weighted by atomic mass is 10.3. The zero-order valence-corrected chi connectivity index (χ0v) is 9.89. The summed E-state index contributed by atoms with van der Waals surface area (Å²) in [6, 6.07) is 3.70. The smallest absolute Gasteiger partial charge is 0.245 e. The van der Waals surface area contributed by atoms with Crippen LogP contribution in [-0.2, 0) is 6.54 Å². The van der Waals surface area contributed by atoms with Gasteiger partial charge in [0.2, 0.25) is 5.88 Å². The number of hydrogen-bond donors (Lipinski definition) is 2. The number of furan rings is 1. The van der Waals surface area contributed by atoms with Crippen LogP contribution in [-0.4, -0.2) is 33.1 Å². The van der Waals surface area contributed by atoms with Crippen LogP contribution in [0.4, 0.5) is 0 Å². The van der Waals surface area contributed by atoms with Gasteiger partial charge in [0.15, 0.2) is 0 Å². The third kappa shape index (κ3) is 4.14. The largest absolute Gasteiger partial charge is 0.473 e. The summed E-state index contributed by atoms with van der Waals surface area (Å²) >= 11 is 1.07. The van der Waals surface area contributed by atoms with E-state index in [-0.39, 0.29) is 6.61 Å². The van der Waals surface area contributed by atoms with Crippen LogP contribution in [0.25, 0.3) is 0 Å². The Kier molecular flexibility index (Phi) is 4.48. The molecule has 0 aliphatic rings. The van der Waals surface area contributed by atoms with E-state index in [4.69, 9.17) is 9.15 Å². The number of aliphatic hydroxyl groups excluding tert-OH is 1. The van der Waals surface area contributed by atoms with Crippen molar-refractivity contribution < 1.29 is 14.3 Å². The van der Waals surface area contributed by atoms with Crippen LogP contribution in [0.15, 0.2) is 29.0 Å². The van der Waals surface area contributed by atoms with E-state index in [0.29, 0.717) is 19.0 Å². The molecule has 0 bridgehead atoms. The molecular weight excluding hydrogens is 242 g/mol. The Morgan fingerprint density at radius 2 is 2.53 bits per heavy atom. The van der Waals surface area contributed by atoms with Crippen molar-refractivity contribution in [1.82, 2.24) is 14.1 Å². The fourth-order valence-corrected chi connectivity index (χ4v) is 1.60. The summed E-state index contributed by atoms with van der Waals surface area (Å²) < 4.78 is 18.0.